The zero-order valence-corrected chi connectivity index (χ0v) is 18.5. The van der Waals surface area contributed by atoms with E-state index in [1.165, 1.54) is 16.7 Å². The van der Waals surface area contributed by atoms with Crippen LogP contribution < -0.4 is 10.4 Å². The zero-order chi connectivity index (χ0) is 24.6. The van der Waals surface area contributed by atoms with Gasteiger partial charge in [0.05, 0.1) is 12.7 Å². The number of fused-ring (bicyclic) bond motifs is 1. The van der Waals surface area contributed by atoms with Gasteiger partial charge in [-0.15, -0.1) is 5.10 Å². The molecule has 5 aromatic rings. The molecule has 1 aromatic carbocycles. The van der Waals surface area contributed by atoms with Crippen LogP contribution in [-0.4, -0.2) is 24.1 Å². The van der Waals surface area contributed by atoms with E-state index in [9.17, 15) is 18.0 Å². The van der Waals surface area contributed by atoms with Gasteiger partial charge in [0.25, 0.3) is 0 Å². The summed E-state index contributed by atoms with van der Waals surface area (Å²) >= 11 is 6.03. The zero-order valence-electron chi connectivity index (χ0n) is 17.8. The van der Waals surface area contributed by atoms with Crippen molar-refractivity contribution in [3.63, 3.8) is 0 Å². The minimum absolute atomic E-state index is 0.0751. The molecule has 0 aliphatic heterocycles. The van der Waals surface area contributed by atoms with Crippen LogP contribution in [-0.2, 0) is 12.7 Å². The molecule has 0 saturated heterocycles. The number of halogens is 4. The van der Waals surface area contributed by atoms with Gasteiger partial charge in [-0.1, -0.05) is 29.8 Å². The van der Waals surface area contributed by atoms with Crippen LogP contribution in [0.4, 0.5) is 13.2 Å². The number of benzene rings is 1. The molecule has 5 rings (SSSR count). The summed E-state index contributed by atoms with van der Waals surface area (Å²) in [7, 11) is 0. The van der Waals surface area contributed by atoms with Gasteiger partial charge in [-0.05, 0) is 47.5 Å². The lowest BCUT2D eigenvalue weighted by atomic mass is 10.1. The second-order valence-corrected chi connectivity index (χ2v) is 7.98. The van der Waals surface area contributed by atoms with Gasteiger partial charge in [0.15, 0.2) is 5.75 Å². The van der Waals surface area contributed by atoms with Crippen molar-refractivity contribution < 1.29 is 17.9 Å². The monoisotopic (exact) mass is 497 g/mol. The fraction of sp³-hybridized carbons (Fsp3) is 0.0833. The van der Waals surface area contributed by atoms with Crippen LogP contribution in [0.1, 0.15) is 11.3 Å². The predicted molar refractivity (Wildman–Crippen MR) is 123 cm³/mol. The van der Waals surface area contributed by atoms with Crippen LogP contribution in [0.5, 0.6) is 11.5 Å². The Labute approximate surface area is 201 Å². The highest BCUT2D eigenvalue weighted by molar-refractivity contribution is 6.30. The Balaban J connectivity index is 1.60. The van der Waals surface area contributed by atoms with Gasteiger partial charge in [-0.2, -0.15) is 13.2 Å². The van der Waals surface area contributed by atoms with Crippen LogP contribution in [0.2, 0.25) is 5.02 Å². The number of alkyl halides is 3. The van der Waals surface area contributed by atoms with Crippen molar-refractivity contribution in [2.24, 2.45) is 0 Å². The molecule has 0 atom stereocenters. The van der Waals surface area contributed by atoms with E-state index < -0.39 is 17.6 Å². The Bertz CT molecular complexity index is 1550. The number of hydrogen-bond donors (Lipinski definition) is 0. The number of pyridine rings is 3. The van der Waals surface area contributed by atoms with Crippen LogP contribution >= 0.6 is 11.6 Å². The van der Waals surface area contributed by atoms with Gasteiger partial charge >= 0.3 is 11.9 Å². The molecule has 35 heavy (non-hydrogen) atoms. The highest BCUT2D eigenvalue weighted by Crippen LogP contribution is 2.36. The quantitative estimate of drug-likeness (QED) is 0.322. The average Bonchev–Trinajstić information content (AvgIpc) is 3.16. The molecule has 0 radical (unpaired) electrons. The Kier molecular flexibility index (Phi) is 5.73. The highest BCUT2D eigenvalue weighted by Gasteiger charge is 2.32. The number of rotatable bonds is 5. The van der Waals surface area contributed by atoms with Crippen LogP contribution in [0, 0.1) is 0 Å². The van der Waals surface area contributed by atoms with Crippen LogP contribution in [0.3, 0.4) is 0 Å². The van der Waals surface area contributed by atoms with Crippen molar-refractivity contribution >= 4 is 17.2 Å². The molecule has 0 amide bonds. The summed E-state index contributed by atoms with van der Waals surface area (Å²) in [5, 5.41) is 4.99. The lowest BCUT2D eigenvalue weighted by Gasteiger charge is -2.12. The van der Waals surface area contributed by atoms with E-state index >= 15 is 0 Å². The Morgan fingerprint density at radius 2 is 1.80 bits per heavy atom. The Morgan fingerprint density at radius 3 is 2.46 bits per heavy atom. The van der Waals surface area contributed by atoms with Crippen molar-refractivity contribution in [2.45, 2.75) is 12.7 Å². The molecule has 0 spiro atoms. The van der Waals surface area contributed by atoms with E-state index in [1.54, 1.807) is 42.7 Å². The summed E-state index contributed by atoms with van der Waals surface area (Å²) in [6, 6.07) is 14.4. The molecular formula is C24H15ClF3N5O2. The fourth-order valence-electron chi connectivity index (χ4n) is 3.50. The van der Waals surface area contributed by atoms with Gasteiger partial charge < -0.3 is 4.74 Å². The first-order valence-corrected chi connectivity index (χ1v) is 10.7. The number of hydrogen-bond acceptors (Lipinski definition) is 5. The SMILES string of the molecule is O=c1n(Cc2ccc(C(F)(F)F)nc2)nc2c(Oc3cccnc3)c(-c3ccc(Cl)cc3)ccn12. The number of ether oxygens (including phenoxy) is 1. The fourth-order valence-corrected chi connectivity index (χ4v) is 3.62. The molecule has 0 aliphatic carbocycles. The van der Waals surface area contributed by atoms with Gasteiger partial charge in [-0.25, -0.2) is 13.9 Å². The molecule has 176 valence electrons. The van der Waals surface area contributed by atoms with Crippen LogP contribution in [0.15, 0.2) is 84.2 Å². The van der Waals surface area contributed by atoms with E-state index in [1.807, 2.05) is 12.1 Å². The molecule has 0 unspecified atom stereocenters. The summed E-state index contributed by atoms with van der Waals surface area (Å²) < 4.78 is 47.0. The largest absolute Gasteiger partial charge is 0.451 e. The molecule has 0 aliphatic rings. The lowest BCUT2D eigenvalue weighted by Crippen LogP contribution is -2.21. The minimum atomic E-state index is -4.55. The predicted octanol–water partition coefficient (Wildman–Crippen LogP) is 5.47. The average molecular weight is 498 g/mol. The maximum Gasteiger partial charge on any atom is 0.433 e. The molecule has 0 bridgehead atoms. The Morgan fingerprint density at radius 1 is 1.00 bits per heavy atom. The van der Waals surface area contributed by atoms with Gasteiger partial charge in [0.1, 0.15) is 11.4 Å². The number of nitrogens with zero attached hydrogens (tertiary/aromatic N) is 5. The third-order valence-electron chi connectivity index (χ3n) is 5.17. The van der Waals surface area contributed by atoms with E-state index in [4.69, 9.17) is 16.3 Å². The van der Waals surface area contributed by atoms with Gasteiger partial charge in [-0.3, -0.25) is 9.97 Å². The van der Waals surface area contributed by atoms with Crippen molar-refractivity contribution in [3.8, 4) is 22.6 Å². The van der Waals surface area contributed by atoms with Crippen molar-refractivity contribution in [3.05, 3.63) is 106 Å². The van der Waals surface area contributed by atoms with Crippen LogP contribution in [0.25, 0.3) is 16.8 Å². The first-order valence-electron chi connectivity index (χ1n) is 10.3. The summed E-state index contributed by atoms with van der Waals surface area (Å²) in [4.78, 5) is 20.5. The van der Waals surface area contributed by atoms with Crippen molar-refractivity contribution in [1.29, 1.82) is 0 Å². The van der Waals surface area contributed by atoms with E-state index in [0.717, 1.165) is 22.5 Å². The van der Waals surface area contributed by atoms with Gasteiger partial charge in [0, 0.05) is 29.2 Å². The Hall–Kier alpha value is -4.18. The molecule has 7 nitrogen and oxygen atoms in total. The van der Waals surface area contributed by atoms with E-state index in [2.05, 4.69) is 15.1 Å². The number of aromatic nitrogens is 5. The lowest BCUT2D eigenvalue weighted by molar-refractivity contribution is -0.141. The summed E-state index contributed by atoms with van der Waals surface area (Å²) in [5.41, 5.74) is 0.556. The molecule has 4 aromatic heterocycles. The maximum atomic E-state index is 13.0. The van der Waals surface area contributed by atoms with E-state index in [0.29, 0.717) is 27.6 Å². The minimum Gasteiger partial charge on any atom is -0.451 e. The van der Waals surface area contributed by atoms with Crippen molar-refractivity contribution in [1.82, 2.24) is 24.1 Å². The molecule has 4 heterocycles. The standard InChI is InChI=1S/C24H15ClF3N5O2/c25-17-6-4-16(5-7-17)19-9-11-32-22(21(19)35-18-2-1-10-29-13-18)31-33(23(32)34)14-15-3-8-20(30-12-15)24(26,27)28/h1-13H,14H2. The summed E-state index contributed by atoms with van der Waals surface area (Å²) in [5.74, 6) is 0.744. The normalized spacial score (nSPS) is 11.7. The highest BCUT2D eigenvalue weighted by atomic mass is 35.5. The molecule has 11 heteroatoms. The molecule has 0 fully saturated rings. The summed E-state index contributed by atoms with van der Waals surface area (Å²) in [6.07, 6.45) is 1.22. The van der Waals surface area contributed by atoms with Gasteiger partial charge in [0.2, 0.25) is 5.65 Å². The summed E-state index contributed by atoms with van der Waals surface area (Å²) in [6.45, 7) is -0.0751. The first kappa shape index (κ1) is 22.6. The molecule has 0 saturated carbocycles. The van der Waals surface area contributed by atoms with Crippen molar-refractivity contribution in [2.75, 3.05) is 0 Å². The second kappa shape index (κ2) is 8.88. The first-order chi connectivity index (χ1) is 16.8. The smallest absolute Gasteiger partial charge is 0.433 e. The third kappa shape index (κ3) is 4.60. The maximum absolute atomic E-state index is 13.0. The third-order valence-corrected chi connectivity index (χ3v) is 5.42. The second-order valence-electron chi connectivity index (χ2n) is 7.54. The molecule has 0 N–H and O–H groups in total. The molecular weight excluding hydrogens is 483 g/mol. The topological polar surface area (TPSA) is 74.3 Å². The van der Waals surface area contributed by atoms with E-state index in [-0.39, 0.29) is 12.2 Å².